The van der Waals surface area contributed by atoms with E-state index in [1.54, 1.807) is 0 Å². The molecule has 1 saturated carbocycles. The molecule has 3 heteroatoms. The summed E-state index contributed by atoms with van der Waals surface area (Å²) in [7, 11) is 0. The molecule has 3 atom stereocenters. The molecule has 3 nitrogen and oxygen atoms in total. The largest absolute Gasteiger partial charge is 0.460 e. The molecule has 1 aliphatic carbocycles. The second kappa shape index (κ2) is 5.56. The number of aryl methyl sites for hydroxylation is 1. The summed E-state index contributed by atoms with van der Waals surface area (Å²) in [4.78, 5) is 2.47. The highest BCUT2D eigenvalue weighted by atomic mass is 16.3. The number of hydrogen-bond acceptors (Lipinski definition) is 3. The molecule has 1 N–H and O–H groups in total. The average molecular weight is 297 g/mol. The maximum absolute atomic E-state index is 9.72. The molecule has 1 saturated heterocycles. The van der Waals surface area contributed by atoms with E-state index in [4.69, 9.17) is 4.42 Å². The zero-order valence-electron chi connectivity index (χ0n) is 13.0. The van der Waals surface area contributed by atoms with Crippen molar-refractivity contribution in [2.24, 2.45) is 11.8 Å². The quantitative estimate of drug-likeness (QED) is 0.942. The van der Waals surface area contributed by atoms with Gasteiger partial charge in [0, 0.05) is 18.7 Å². The lowest BCUT2D eigenvalue weighted by Gasteiger charge is -2.15. The van der Waals surface area contributed by atoms with E-state index in [2.05, 4.69) is 48.2 Å². The smallest absolute Gasteiger partial charge is 0.134 e. The van der Waals surface area contributed by atoms with Crippen LogP contribution in [0.15, 0.2) is 40.8 Å². The highest BCUT2D eigenvalue weighted by Gasteiger charge is 2.40. The number of aliphatic hydroxyl groups excluding tert-OH is 1. The zero-order chi connectivity index (χ0) is 15.1. The van der Waals surface area contributed by atoms with E-state index in [0.29, 0.717) is 11.8 Å². The van der Waals surface area contributed by atoms with Gasteiger partial charge in [-0.3, -0.25) is 4.90 Å². The number of aliphatic hydroxyl groups is 1. The molecule has 1 aliphatic heterocycles. The Bertz CT molecular complexity index is 632. The first-order valence-corrected chi connectivity index (χ1v) is 8.23. The van der Waals surface area contributed by atoms with Crippen molar-refractivity contribution in [2.45, 2.75) is 32.4 Å². The fourth-order valence-electron chi connectivity index (χ4n) is 4.05. The molecule has 0 bridgehead atoms. The van der Waals surface area contributed by atoms with Crippen LogP contribution >= 0.6 is 0 Å². The van der Waals surface area contributed by atoms with Gasteiger partial charge >= 0.3 is 0 Å². The maximum atomic E-state index is 9.72. The monoisotopic (exact) mass is 297 g/mol. The summed E-state index contributed by atoms with van der Waals surface area (Å²) in [6, 6.07) is 12.6. The Labute approximate surface area is 131 Å². The van der Waals surface area contributed by atoms with Crippen molar-refractivity contribution in [3.63, 3.8) is 0 Å². The summed E-state index contributed by atoms with van der Waals surface area (Å²) in [6.45, 7) is 5.18. The van der Waals surface area contributed by atoms with Gasteiger partial charge < -0.3 is 9.52 Å². The van der Waals surface area contributed by atoms with Gasteiger partial charge in [0.25, 0.3) is 0 Å². The number of hydrogen-bond donors (Lipinski definition) is 1. The first kappa shape index (κ1) is 14.0. The first-order valence-electron chi connectivity index (χ1n) is 8.23. The topological polar surface area (TPSA) is 36.6 Å². The predicted octanol–water partition coefficient (Wildman–Crippen LogP) is 3.46. The molecule has 1 aromatic heterocycles. The van der Waals surface area contributed by atoms with Crippen molar-refractivity contribution in [3.05, 3.63) is 47.7 Å². The fourth-order valence-corrected chi connectivity index (χ4v) is 4.05. The third-order valence-corrected chi connectivity index (χ3v) is 5.18. The van der Waals surface area contributed by atoms with Crippen LogP contribution in [0.5, 0.6) is 0 Å². The number of rotatable bonds is 3. The van der Waals surface area contributed by atoms with E-state index >= 15 is 0 Å². The predicted molar refractivity (Wildman–Crippen MR) is 86.4 cm³/mol. The van der Waals surface area contributed by atoms with Gasteiger partial charge in [0.15, 0.2) is 0 Å². The molecule has 2 heterocycles. The molecule has 2 aliphatic rings. The Morgan fingerprint density at radius 3 is 2.41 bits per heavy atom. The average Bonchev–Trinajstić information content (AvgIpc) is 3.15. The lowest BCUT2D eigenvalue weighted by Crippen LogP contribution is -2.22. The molecule has 0 spiro atoms. The van der Waals surface area contributed by atoms with E-state index in [-0.39, 0.29) is 6.10 Å². The standard InChI is InChI=1S/C19H23NO2/c1-13-2-4-14(5-3-13)19-7-6-18(22-19)12-20-10-15-8-17(21)9-16(15)11-20/h2-7,15-17,21H,8-12H2,1H3/t15-,16+,17?. The molecule has 2 fully saturated rings. The molecular formula is C19H23NO2. The SMILES string of the molecule is Cc1ccc(-c2ccc(CN3C[C@H]4CC(O)C[C@H]4C3)o2)cc1. The van der Waals surface area contributed by atoms with Gasteiger partial charge in [-0.2, -0.15) is 0 Å². The molecule has 2 aromatic rings. The Hall–Kier alpha value is -1.58. The summed E-state index contributed by atoms with van der Waals surface area (Å²) in [5.41, 5.74) is 2.40. The second-order valence-corrected chi connectivity index (χ2v) is 6.97. The van der Waals surface area contributed by atoms with Crippen LogP contribution in [0.4, 0.5) is 0 Å². The molecule has 1 aromatic carbocycles. The maximum Gasteiger partial charge on any atom is 0.134 e. The van der Waals surface area contributed by atoms with E-state index < -0.39 is 0 Å². The van der Waals surface area contributed by atoms with Gasteiger partial charge in [-0.25, -0.2) is 0 Å². The third kappa shape index (κ3) is 2.71. The van der Waals surface area contributed by atoms with Crippen LogP contribution < -0.4 is 0 Å². The summed E-state index contributed by atoms with van der Waals surface area (Å²) < 4.78 is 6.02. The van der Waals surface area contributed by atoms with Crippen molar-refractivity contribution in [2.75, 3.05) is 13.1 Å². The van der Waals surface area contributed by atoms with Crippen molar-refractivity contribution in [3.8, 4) is 11.3 Å². The van der Waals surface area contributed by atoms with Crippen LogP contribution in [0, 0.1) is 18.8 Å². The Morgan fingerprint density at radius 2 is 1.73 bits per heavy atom. The molecule has 0 amide bonds. The molecule has 22 heavy (non-hydrogen) atoms. The lowest BCUT2D eigenvalue weighted by molar-refractivity contribution is 0.159. The number of benzene rings is 1. The fraction of sp³-hybridized carbons (Fsp3) is 0.474. The van der Waals surface area contributed by atoms with Crippen LogP contribution in [-0.2, 0) is 6.54 Å². The lowest BCUT2D eigenvalue weighted by atomic mass is 10.0. The van der Waals surface area contributed by atoms with Gasteiger partial charge in [0.2, 0.25) is 0 Å². The normalized spacial score (nSPS) is 28.2. The van der Waals surface area contributed by atoms with E-state index in [1.165, 1.54) is 5.56 Å². The highest BCUT2D eigenvalue weighted by Crippen LogP contribution is 2.38. The van der Waals surface area contributed by atoms with Gasteiger partial charge in [-0.1, -0.05) is 29.8 Å². The van der Waals surface area contributed by atoms with Crippen LogP contribution in [0.3, 0.4) is 0 Å². The minimum Gasteiger partial charge on any atom is -0.460 e. The van der Waals surface area contributed by atoms with Gasteiger partial charge in [-0.05, 0) is 43.7 Å². The van der Waals surface area contributed by atoms with Crippen LogP contribution in [0.25, 0.3) is 11.3 Å². The van der Waals surface area contributed by atoms with Crippen molar-refractivity contribution in [1.29, 1.82) is 0 Å². The van der Waals surface area contributed by atoms with Gasteiger partial charge in [0.1, 0.15) is 11.5 Å². The van der Waals surface area contributed by atoms with Crippen molar-refractivity contribution < 1.29 is 9.52 Å². The molecule has 116 valence electrons. The Balaban J connectivity index is 1.41. The van der Waals surface area contributed by atoms with Crippen LogP contribution in [-0.4, -0.2) is 29.2 Å². The van der Waals surface area contributed by atoms with Crippen molar-refractivity contribution in [1.82, 2.24) is 4.90 Å². The Kier molecular flexibility index (Phi) is 3.55. The van der Waals surface area contributed by atoms with Gasteiger partial charge in [0.05, 0.1) is 12.6 Å². The molecule has 0 radical (unpaired) electrons. The van der Waals surface area contributed by atoms with E-state index in [0.717, 1.165) is 49.6 Å². The molecular weight excluding hydrogens is 274 g/mol. The van der Waals surface area contributed by atoms with Crippen LogP contribution in [0.2, 0.25) is 0 Å². The molecule has 1 unspecified atom stereocenters. The highest BCUT2D eigenvalue weighted by molar-refractivity contribution is 5.57. The Morgan fingerprint density at radius 1 is 1.05 bits per heavy atom. The summed E-state index contributed by atoms with van der Waals surface area (Å²) >= 11 is 0. The van der Waals surface area contributed by atoms with Crippen LogP contribution in [0.1, 0.15) is 24.2 Å². The number of furan rings is 1. The van der Waals surface area contributed by atoms with Gasteiger partial charge in [-0.15, -0.1) is 0 Å². The number of likely N-dealkylation sites (tertiary alicyclic amines) is 1. The first-order chi connectivity index (χ1) is 10.7. The molecule has 4 rings (SSSR count). The second-order valence-electron chi connectivity index (χ2n) is 6.97. The minimum absolute atomic E-state index is 0.0612. The number of fused-ring (bicyclic) bond motifs is 1. The summed E-state index contributed by atoms with van der Waals surface area (Å²) in [6.07, 6.45) is 1.90. The summed E-state index contributed by atoms with van der Waals surface area (Å²) in [5.74, 6) is 3.35. The summed E-state index contributed by atoms with van der Waals surface area (Å²) in [5, 5.41) is 9.72. The van der Waals surface area contributed by atoms with Crippen molar-refractivity contribution >= 4 is 0 Å². The van der Waals surface area contributed by atoms with E-state index in [9.17, 15) is 5.11 Å². The minimum atomic E-state index is -0.0612. The van der Waals surface area contributed by atoms with E-state index in [1.807, 2.05) is 0 Å². The number of nitrogens with zero attached hydrogens (tertiary/aromatic N) is 1. The zero-order valence-corrected chi connectivity index (χ0v) is 13.0. The third-order valence-electron chi connectivity index (χ3n) is 5.18.